The maximum atomic E-state index is 10.7. The molecule has 2 nitrogen and oxygen atoms in total. The van der Waals surface area contributed by atoms with E-state index >= 15 is 0 Å². The summed E-state index contributed by atoms with van der Waals surface area (Å²) in [6.45, 7) is 6.41. The molecule has 0 aliphatic rings. The molecule has 0 bridgehead atoms. The average Bonchev–Trinajstić information content (AvgIpc) is 2.10. The van der Waals surface area contributed by atoms with Crippen molar-refractivity contribution < 1.29 is 9.90 Å². The molecule has 0 aromatic rings. The molecular formula is C12H24O2. The first kappa shape index (κ1) is 13.5. The van der Waals surface area contributed by atoms with Crippen molar-refractivity contribution in [1.29, 1.82) is 0 Å². The van der Waals surface area contributed by atoms with Crippen molar-refractivity contribution in [3.05, 3.63) is 0 Å². The van der Waals surface area contributed by atoms with Crippen LogP contribution in [-0.4, -0.2) is 11.1 Å². The van der Waals surface area contributed by atoms with E-state index in [-0.39, 0.29) is 5.92 Å². The Balaban J connectivity index is 3.38. The highest BCUT2D eigenvalue weighted by Gasteiger charge is 2.13. The van der Waals surface area contributed by atoms with E-state index in [2.05, 4.69) is 13.8 Å². The van der Waals surface area contributed by atoms with Gasteiger partial charge in [-0.25, -0.2) is 0 Å². The summed E-state index contributed by atoms with van der Waals surface area (Å²) in [4.78, 5) is 10.7. The maximum Gasteiger partial charge on any atom is 0.306 e. The normalized spacial score (nSPS) is 13.1. The SMILES string of the molecule is CCC(CCCCCC(C)C)C(=O)O. The standard InChI is InChI=1S/C12H24O2/c1-4-11(12(13)14)9-7-5-6-8-10(2)3/h10-11H,4-9H2,1-3H3,(H,13,14). The molecule has 2 heteroatoms. The van der Waals surface area contributed by atoms with E-state index in [0.717, 1.165) is 25.2 Å². The van der Waals surface area contributed by atoms with Crippen LogP contribution in [0.4, 0.5) is 0 Å². The molecule has 0 amide bonds. The predicted molar refractivity (Wildman–Crippen MR) is 59.3 cm³/mol. The molecule has 1 N–H and O–H groups in total. The second kappa shape index (κ2) is 7.84. The van der Waals surface area contributed by atoms with E-state index in [1.807, 2.05) is 6.92 Å². The van der Waals surface area contributed by atoms with E-state index < -0.39 is 5.97 Å². The van der Waals surface area contributed by atoms with Crippen LogP contribution in [0.3, 0.4) is 0 Å². The van der Waals surface area contributed by atoms with Crippen molar-refractivity contribution in [2.24, 2.45) is 11.8 Å². The summed E-state index contributed by atoms with van der Waals surface area (Å²) in [5.41, 5.74) is 0. The first-order chi connectivity index (χ1) is 6.57. The molecule has 1 unspecified atom stereocenters. The fourth-order valence-corrected chi connectivity index (χ4v) is 1.62. The molecule has 0 saturated carbocycles. The largest absolute Gasteiger partial charge is 0.481 e. The first-order valence-corrected chi connectivity index (χ1v) is 5.80. The molecule has 0 spiro atoms. The third kappa shape index (κ3) is 6.93. The molecule has 0 rings (SSSR count). The van der Waals surface area contributed by atoms with Gasteiger partial charge in [0.1, 0.15) is 0 Å². The Bertz CT molecular complexity index is 152. The fraction of sp³-hybridized carbons (Fsp3) is 0.917. The van der Waals surface area contributed by atoms with Gasteiger partial charge in [-0.05, 0) is 18.8 Å². The summed E-state index contributed by atoms with van der Waals surface area (Å²) in [6, 6.07) is 0. The number of hydrogen-bond acceptors (Lipinski definition) is 1. The topological polar surface area (TPSA) is 37.3 Å². The van der Waals surface area contributed by atoms with Gasteiger partial charge >= 0.3 is 5.97 Å². The van der Waals surface area contributed by atoms with Gasteiger partial charge in [0.05, 0.1) is 5.92 Å². The monoisotopic (exact) mass is 200 g/mol. The molecule has 1 atom stereocenters. The zero-order chi connectivity index (χ0) is 11.0. The highest BCUT2D eigenvalue weighted by atomic mass is 16.4. The minimum absolute atomic E-state index is 0.117. The second-order valence-corrected chi connectivity index (χ2v) is 4.48. The molecule has 0 aliphatic carbocycles. The number of carboxylic acids is 1. The minimum atomic E-state index is -0.628. The second-order valence-electron chi connectivity index (χ2n) is 4.48. The first-order valence-electron chi connectivity index (χ1n) is 5.80. The summed E-state index contributed by atoms with van der Waals surface area (Å²) in [5.74, 6) is 0.0295. The lowest BCUT2D eigenvalue weighted by Crippen LogP contribution is -2.12. The lowest BCUT2D eigenvalue weighted by atomic mass is 9.97. The highest BCUT2D eigenvalue weighted by Crippen LogP contribution is 2.15. The van der Waals surface area contributed by atoms with Crippen molar-refractivity contribution in [2.45, 2.75) is 59.3 Å². The number of carboxylic acid groups (broad SMARTS) is 1. The van der Waals surface area contributed by atoms with Gasteiger partial charge in [0.2, 0.25) is 0 Å². The van der Waals surface area contributed by atoms with Crippen LogP contribution in [0.2, 0.25) is 0 Å². The van der Waals surface area contributed by atoms with E-state index in [4.69, 9.17) is 5.11 Å². The minimum Gasteiger partial charge on any atom is -0.481 e. The van der Waals surface area contributed by atoms with Crippen LogP contribution in [0.25, 0.3) is 0 Å². The Labute approximate surface area is 87.7 Å². The molecular weight excluding hydrogens is 176 g/mol. The van der Waals surface area contributed by atoms with Gasteiger partial charge in [0.25, 0.3) is 0 Å². The summed E-state index contributed by atoms with van der Waals surface area (Å²) >= 11 is 0. The van der Waals surface area contributed by atoms with Gasteiger partial charge in [-0.3, -0.25) is 4.79 Å². The Kier molecular flexibility index (Phi) is 7.54. The Morgan fingerprint density at radius 3 is 2.14 bits per heavy atom. The summed E-state index contributed by atoms with van der Waals surface area (Å²) in [7, 11) is 0. The van der Waals surface area contributed by atoms with Crippen molar-refractivity contribution in [3.8, 4) is 0 Å². The summed E-state index contributed by atoms with van der Waals surface area (Å²) < 4.78 is 0. The van der Waals surface area contributed by atoms with Crippen LogP contribution in [0.5, 0.6) is 0 Å². The maximum absolute atomic E-state index is 10.7. The highest BCUT2D eigenvalue weighted by molar-refractivity contribution is 5.69. The number of aliphatic carboxylic acids is 1. The molecule has 0 saturated heterocycles. The van der Waals surface area contributed by atoms with Gasteiger partial charge in [-0.15, -0.1) is 0 Å². The average molecular weight is 200 g/mol. The predicted octanol–water partition coefficient (Wildman–Crippen LogP) is 3.70. The van der Waals surface area contributed by atoms with Gasteiger partial charge in [0.15, 0.2) is 0 Å². The fourth-order valence-electron chi connectivity index (χ4n) is 1.62. The van der Waals surface area contributed by atoms with Crippen molar-refractivity contribution in [2.75, 3.05) is 0 Å². The van der Waals surface area contributed by atoms with Crippen LogP contribution in [-0.2, 0) is 4.79 Å². The molecule has 0 radical (unpaired) electrons. The Morgan fingerprint density at radius 1 is 1.14 bits per heavy atom. The number of hydrogen-bond donors (Lipinski definition) is 1. The molecule has 84 valence electrons. The van der Waals surface area contributed by atoms with Crippen molar-refractivity contribution >= 4 is 5.97 Å². The zero-order valence-electron chi connectivity index (χ0n) is 9.75. The van der Waals surface area contributed by atoms with Gasteiger partial charge < -0.3 is 5.11 Å². The Hall–Kier alpha value is -0.530. The molecule has 0 heterocycles. The van der Waals surface area contributed by atoms with Crippen molar-refractivity contribution in [3.63, 3.8) is 0 Å². The van der Waals surface area contributed by atoms with Gasteiger partial charge in [-0.1, -0.05) is 46.5 Å². The smallest absolute Gasteiger partial charge is 0.306 e. The van der Waals surface area contributed by atoms with Crippen LogP contribution >= 0.6 is 0 Å². The van der Waals surface area contributed by atoms with E-state index in [9.17, 15) is 4.79 Å². The summed E-state index contributed by atoms with van der Waals surface area (Å²) in [5, 5.41) is 8.82. The van der Waals surface area contributed by atoms with E-state index in [1.165, 1.54) is 19.3 Å². The lowest BCUT2D eigenvalue weighted by molar-refractivity contribution is -0.142. The Morgan fingerprint density at radius 2 is 1.71 bits per heavy atom. The number of carbonyl (C=O) groups is 1. The number of rotatable bonds is 8. The molecule has 0 aliphatic heterocycles. The quantitative estimate of drug-likeness (QED) is 0.606. The van der Waals surface area contributed by atoms with Crippen LogP contribution in [0.15, 0.2) is 0 Å². The van der Waals surface area contributed by atoms with Gasteiger partial charge in [-0.2, -0.15) is 0 Å². The molecule has 14 heavy (non-hydrogen) atoms. The number of unbranched alkanes of at least 4 members (excludes halogenated alkanes) is 2. The van der Waals surface area contributed by atoms with Crippen LogP contribution in [0, 0.1) is 11.8 Å². The van der Waals surface area contributed by atoms with Crippen molar-refractivity contribution in [1.82, 2.24) is 0 Å². The zero-order valence-corrected chi connectivity index (χ0v) is 9.75. The van der Waals surface area contributed by atoms with E-state index in [0.29, 0.717) is 0 Å². The molecule has 0 aromatic heterocycles. The van der Waals surface area contributed by atoms with E-state index in [1.54, 1.807) is 0 Å². The van der Waals surface area contributed by atoms with Crippen LogP contribution < -0.4 is 0 Å². The third-order valence-corrected chi connectivity index (χ3v) is 2.68. The molecule has 0 fully saturated rings. The lowest BCUT2D eigenvalue weighted by Gasteiger charge is -2.09. The summed E-state index contributed by atoms with van der Waals surface area (Å²) in [6.07, 6.45) is 6.38. The van der Waals surface area contributed by atoms with Gasteiger partial charge in [0, 0.05) is 0 Å². The third-order valence-electron chi connectivity index (χ3n) is 2.68. The van der Waals surface area contributed by atoms with Crippen LogP contribution in [0.1, 0.15) is 59.3 Å². The molecule has 0 aromatic carbocycles.